The van der Waals surface area contributed by atoms with Crippen LogP contribution in [0.25, 0.3) is 0 Å². The van der Waals surface area contributed by atoms with Gasteiger partial charge in [-0.3, -0.25) is 0 Å². The van der Waals surface area contributed by atoms with Crippen LogP contribution in [0.5, 0.6) is 0 Å². The Morgan fingerprint density at radius 2 is 2.14 bits per heavy atom. The largest absolute Gasteiger partial charge is 0.371 e. The lowest BCUT2D eigenvalue weighted by molar-refractivity contribution is 0.0276. The minimum Gasteiger partial charge on any atom is -0.371 e. The minimum atomic E-state index is 0.239. The standard InChI is InChI=1S/C12H17NO/c1-9-3-4-11(7-10(9)2)12-8-13-5-6-14-12/h3-4,7,12-13H,5-6,8H2,1-2H3/t12-/m1/s1. The third-order valence-corrected chi connectivity index (χ3v) is 2.83. The van der Waals surface area contributed by atoms with Crippen LogP contribution in [0.15, 0.2) is 18.2 Å². The molecule has 1 atom stereocenters. The summed E-state index contributed by atoms with van der Waals surface area (Å²) in [6.07, 6.45) is 0.239. The Morgan fingerprint density at radius 1 is 1.29 bits per heavy atom. The van der Waals surface area contributed by atoms with Gasteiger partial charge in [0.15, 0.2) is 0 Å². The number of rotatable bonds is 1. The average molecular weight is 191 g/mol. The molecule has 0 amide bonds. The first-order valence-corrected chi connectivity index (χ1v) is 5.17. The molecule has 1 aromatic carbocycles. The molecule has 1 N–H and O–H groups in total. The van der Waals surface area contributed by atoms with Crippen molar-refractivity contribution >= 4 is 0 Å². The Hall–Kier alpha value is -0.860. The highest BCUT2D eigenvalue weighted by molar-refractivity contribution is 5.31. The van der Waals surface area contributed by atoms with Crippen molar-refractivity contribution in [3.8, 4) is 0 Å². The van der Waals surface area contributed by atoms with Crippen LogP contribution >= 0.6 is 0 Å². The molecular weight excluding hydrogens is 174 g/mol. The second-order valence-corrected chi connectivity index (χ2v) is 3.91. The van der Waals surface area contributed by atoms with Crippen LogP contribution in [0.1, 0.15) is 22.8 Å². The van der Waals surface area contributed by atoms with Crippen molar-refractivity contribution in [1.82, 2.24) is 5.32 Å². The Kier molecular flexibility index (Phi) is 2.85. The molecule has 1 aliphatic heterocycles. The molecule has 0 spiro atoms. The Bertz CT molecular complexity index is 316. The lowest BCUT2D eigenvalue weighted by atomic mass is 10.0. The molecule has 1 heterocycles. The van der Waals surface area contributed by atoms with Crippen molar-refractivity contribution in [2.24, 2.45) is 0 Å². The molecular formula is C12H17NO. The van der Waals surface area contributed by atoms with Crippen molar-refractivity contribution in [3.05, 3.63) is 34.9 Å². The van der Waals surface area contributed by atoms with E-state index in [9.17, 15) is 0 Å². The van der Waals surface area contributed by atoms with Crippen LogP contribution < -0.4 is 5.32 Å². The lowest BCUT2D eigenvalue weighted by Gasteiger charge is -2.24. The second kappa shape index (κ2) is 4.11. The van der Waals surface area contributed by atoms with E-state index in [2.05, 4.69) is 37.4 Å². The van der Waals surface area contributed by atoms with Crippen LogP contribution in [0.2, 0.25) is 0 Å². The summed E-state index contributed by atoms with van der Waals surface area (Å²) in [5.41, 5.74) is 3.98. The summed E-state index contributed by atoms with van der Waals surface area (Å²) in [6, 6.07) is 6.57. The van der Waals surface area contributed by atoms with E-state index in [1.807, 2.05) is 0 Å². The van der Waals surface area contributed by atoms with Crippen LogP contribution in [-0.4, -0.2) is 19.7 Å². The highest BCUT2D eigenvalue weighted by Crippen LogP contribution is 2.21. The third kappa shape index (κ3) is 1.97. The maximum Gasteiger partial charge on any atom is 0.0949 e. The number of ether oxygens (including phenoxy) is 1. The van der Waals surface area contributed by atoms with Crippen LogP contribution in [0.3, 0.4) is 0 Å². The van der Waals surface area contributed by atoms with Gasteiger partial charge in [-0.05, 0) is 30.5 Å². The Labute approximate surface area is 85.3 Å². The van der Waals surface area contributed by atoms with Gasteiger partial charge in [0.2, 0.25) is 0 Å². The Balaban J connectivity index is 2.18. The van der Waals surface area contributed by atoms with Crippen molar-refractivity contribution in [2.75, 3.05) is 19.7 Å². The molecule has 2 rings (SSSR count). The maximum atomic E-state index is 5.70. The number of hydrogen-bond acceptors (Lipinski definition) is 2. The molecule has 0 aromatic heterocycles. The molecule has 14 heavy (non-hydrogen) atoms. The molecule has 0 unspecified atom stereocenters. The summed E-state index contributed by atoms with van der Waals surface area (Å²) < 4.78 is 5.70. The first-order valence-electron chi connectivity index (χ1n) is 5.17. The zero-order valence-corrected chi connectivity index (χ0v) is 8.84. The minimum absolute atomic E-state index is 0.239. The van der Waals surface area contributed by atoms with Gasteiger partial charge in [-0.1, -0.05) is 18.2 Å². The Morgan fingerprint density at radius 3 is 2.79 bits per heavy atom. The fraction of sp³-hybridized carbons (Fsp3) is 0.500. The molecule has 0 radical (unpaired) electrons. The van der Waals surface area contributed by atoms with Gasteiger partial charge in [0, 0.05) is 13.1 Å². The molecule has 0 bridgehead atoms. The molecule has 1 saturated heterocycles. The number of hydrogen-bond donors (Lipinski definition) is 1. The van der Waals surface area contributed by atoms with Gasteiger partial charge in [0.25, 0.3) is 0 Å². The quantitative estimate of drug-likeness (QED) is 0.732. The molecule has 2 heteroatoms. The highest BCUT2D eigenvalue weighted by Gasteiger charge is 2.15. The van der Waals surface area contributed by atoms with Gasteiger partial charge in [-0.15, -0.1) is 0 Å². The van der Waals surface area contributed by atoms with E-state index < -0.39 is 0 Å². The molecule has 0 aliphatic carbocycles. The summed E-state index contributed by atoms with van der Waals surface area (Å²) in [6.45, 7) is 7.01. The van der Waals surface area contributed by atoms with Gasteiger partial charge in [0.1, 0.15) is 0 Å². The van der Waals surface area contributed by atoms with Gasteiger partial charge >= 0.3 is 0 Å². The van der Waals surface area contributed by atoms with Gasteiger partial charge in [-0.25, -0.2) is 0 Å². The monoisotopic (exact) mass is 191 g/mol. The maximum absolute atomic E-state index is 5.70. The predicted molar refractivity (Wildman–Crippen MR) is 57.5 cm³/mol. The number of nitrogens with one attached hydrogen (secondary N) is 1. The summed E-state index contributed by atoms with van der Waals surface area (Å²) >= 11 is 0. The fourth-order valence-electron chi connectivity index (χ4n) is 1.74. The normalized spacial score (nSPS) is 22.3. The van der Waals surface area contributed by atoms with E-state index in [0.717, 1.165) is 19.7 Å². The SMILES string of the molecule is Cc1ccc([C@H]2CNCCO2)cc1C. The molecule has 1 aliphatic rings. The zero-order chi connectivity index (χ0) is 9.97. The first-order chi connectivity index (χ1) is 6.77. The van der Waals surface area contributed by atoms with E-state index >= 15 is 0 Å². The number of aryl methyl sites for hydroxylation is 2. The molecule has 76 valence electrons. The summed E-state index contributed by atoms with van der Waals surface area (Å²) in [4.78, 5) is 0. The van der Waals surface area contributed by atoms with E-state index in [-0.39, 0.29) is 6.10 Å². The lowest BCUT2D eigenvalue weighted by Crippen LogP contribution is -2.33. The number of morpholine rings is 1. The zero-order valence-electron chi connectivity index (χ0n) is 8.84. The summed E-state index contributed by atoms with van der Waals surface area (Å²) in [5, 5.41) is 3.34. The molecule has 1 aromatic rings. The first kappa shape index (κ1) is 9.69. The third-order valence-electron chi connectivity index (χ3n) is 2.83. The van der Waals surface area contributed by atoms with Crippen molar-refractivity contribution in [3.63, 3.8) is 0 Å². The van der Waals surface area contributed by atoms with E-state index in [0.29, 0.717) is 0 Å². The summed E-state index contributed by atoms with van der Waals surface area (Å²) in [5.74, 6) is 0. The van der Waals surface area contributed by atoms with Crippen LogP contribution in [0.4, 0.5) is 0 Å². The van der Waals surface area contributed by atoms with Gasteiger partial charge < -0.3 is 10.1 Å². The van der Waals surface area contributed by atoms with Crippen molar-refractivity contribution < 1.29 is 4.74 Å². The van der Waals surface area contributed by atoms with Crippen molar-refractivity contribution in [1.29, 1.82) is 0 Å². The van der Waals surface area contributed by atoms with E-state index in [1.165, 1.54) is 16.7 Å². The van der Waals surface area contributed by atoms with E-state index in [1.54, 1.807) is 0 Å². The molecule has 0 saturated carbocycles. The van der Waals surface area contributed by atoms with Gasteiger partial charge in [-0.2, -0.15) is 0 Å². The van der Waals surface area contributed by atoms with Gasteiger partial charge in [0.05, 0.1) is 12.7 Å². The number of benzene rings is 1. The smallest absolute Gasteiger partial charge is 0.0949 e. The summed E-state index contributed by atoms with van der Waals surface area (Å²) in [7, 11) is 0. The predicted octanol–water partition coefficient (Wildman–Crippen LogP) is 1.96. The molecule has 2 nitrogen and oxygen atoms in total. The topological polar surface area (TPSA) is 21.3 Å². The van der Waals surface area contributed by atoms with Crippen LogP contribution in [0, 0.1) is 13.8 Å². The van der Waals surface area contributed by atoms with Crippen LogP contribution in [-0.2, 0) is 4.74 Å². The van der Waals surface area contributed by atoms with Crippen molar-refractivity contribution in [2.45, 2.75) is 20.0 Å². The fourth-order valence-corrected chi connectivity index (χ4v) is 1.74. The molecule has 1 fully saturated rings. The average Bonchev–Trinajstić information content (AvgIpc) is 2.23. The van der Waals surface area contributed by atoms with E-state index in [4.69, 9.17) is 4.74 Å². The second-order valence-electron chi connectivity index (χ2n) is 3.91. The highest BCUT2D eigenvalue weighted by atomic mass is 16.5.